The largest absolute Gasteiger partial charge is 0.493 e. The summed E-state index contributed by atoms with van der Waals surface area (Å²) in [7, 11) is 3.33. The Kier molecular flexibility index (Phi) is 7.53. The van der Waals surface area contributed by atoms with Crippen LogP contribution >= 0.6 is 0 Å². The second kappa shape index (κ2) is 10.1. The summed E-state index contributed by atoms with van der Waals surface area (Å²) in [5, 5.41) is 3.01. The monoisotopic (exact) mass is 391 g/mol. The molecule has 1 aromatic carbocycles. The topological polar surface area (TPSA) is 63.3 Å². The molecule has 1 aromatic rings. The molecule has 0 aliphatic carbocycles. The highest BCUT2D eigenvalue weighted by atomic mass is 16.5. The molecule has 2 heterocycles. The molecule has 0 radical (unpaired) electrons. The van der Waals surface area contributed by atoms with Gasteiger partial charge in [0, 0.05) is 45.9 Å². The molecule has 2 saturated heterocycles. The lowest BCUT2D eigenvalue weighted by atomic mass is 10.1. The van der Waals surface area contributed by atoms with Crippen molar-refractivity contribution in [2.24, 2.45) is 0 Å². The molecular formula is C21H33N3O4. The fourth-order valence-electron chi connectivity index (χ4n) is 3.83. The Balaban J connectivity index is 1.43. The number of ether oxygens (including phenoxy) is 3. The molecule has 0 spiro atoms. The summed E-state index contributed by atoms with van der Waals surface area (Å²) >= 11 is 0. The highest BCUT2D eigenvalue weighted by Gasteiger charge is 2.21. The van der Waals surface area contributed by atoms with Gasteiger partial charge in [0.05, 0.1) is 26.9 Å². The third-order valence-electron chi connectivity index (χ3n) is 5.62. The van der Waals surface area contributed by atoms with Crippen LogP contribution in [0, 0.1) is 6.92 Å². The number of nitrogens with zero attached hydrogens (tertiary/aromatic N) is 2. The van der Waals surface area contributed by atoms with Gasteiger partial charge in [-0.15, -0.1) is 0 Å². The van der Waals surface area contributed by atoms with Crippen LogP contribution in [0.5, 0.6) is 11.5 Å². The molecule has 7 heteroatoms. The molecule has 1 N–H and O–H groups in total. The summed E-state index contributed by atoms with van der Waals surface area (Å²) < 4.78 is 16.4. The van der Waals surface area contributed by atoms with E-state index in [1.165, 1.54) is 11.1 Å². The number of benzene rings is 1. The molecule has 2 aliphatic rings. The average Bonchev–Trinajstić information content (AvgIpc) is 3.22. The number of hydrogen-bond donors (Lipinski definition) is 1. The number of amides is 1. The lowest BCUT2D eigenvalue weighted by Crippen LogP contribution is -2.49. The number of piperazine rings is 1. The van der Waals surface area contributed by atoms with Crippen molar-refractivity contribution < 1.29 is 19.0 Å². The van der Waals surface area contributed by atoms with Gasteiger partial charge in [-0.25, -0.2) is 0 Å². The zero-order valence-corrected chi connectivity index (χ0v) is 17.3. The summed E-state index contributed by atoms with van der Waals surface area (Å²) in [6.07, 6.45) is 2.35. The van der Waals surface area contributed by atoms with Gasteiger partial charge in [0.2, 0.25) is 5.91 Å². The third kappa shape index (κ3) is 5.59. The Labute approximate surface area is 167 Å². The molecule has 0 unspecified atom stereocenters. The van der Waals surface area contributed by atoms with Crippen molar-refractivity contribution in [1.29, 1.82) is 0 Å². The predicted octanol–water partition coefficient (Wildman–Crippen LogP) is 1.43. The van der Waals surface area contributed by atoms with Crippen molar-refractivity contribution in [2.75, 3.05) is 60.1 Å². The summed E-state index contributed by atoms with van der Waals surface area (Å²) in [5.41, 5.74) is 2.45. The second-order valence-electron chi connectivity index (χ2n) is 7.63. The van der Waals surface area contributed by atoms with E-state index >= 15 is 0 Å². The maximum Gasteiger partial charge on any atom is 0.234 e. The van der Waals surface area contributed by atoms with E-state index in [0.717, 1.165) is 63.7 Å². The first kappa shape index (κ1) is 20.9. The smallest absolute Gasteiger partial charge is 0.234 e. The van der Waals surface area contributed by atoms with Crippen molar-refractivity contribution in [3.05, 3.63) is 23.3 Å². The van der Waals surface area contributed by atoms with Crippen molar-refractivity contribution >= 4 is 5.91 Å². The quantitative estimate of drug-likeness (QED) is 0.723. The molecule has 0 aromatic heterocycles. The number of carbonyl (C=O) groups is 1. The maximum absolute atomic E-state index is 12.2. The Morgan fingerprint density at radius 2 is 1.82 bits per heavy atom. The van der Waals surface area contributed by atoms with E-state index in [4.69, 9.17) is 14.2 Å². The standard InChI is InChI=1S/C21H33N3O4/c1-16-11-19(26-2)20(27-3)12-17(16)14-23-6-8-24(9-7-23)15-21(25)22-13-18-5-4-10-28-18/h11-12,18H,4-10,13-15H2,1-3H3,(H,22,25)/t18-/m0/s1. The Morgan fingerprint density at radius 3 is 2.46 bits per heavy atom. The molecule has 0 saturated carbocycles. The van der Waals surface area contributed by atoms with Crippen LogP contribution in [-0.2, 0) is 16.1 Å². The molecule has 2 fully saturated rings. The number of rotatable bonds is 8. The van der Waals surface area contributed by atoms with Crippen LogP contribution in [0.4, 0.5) is 0 Å². The van der Waals surface area contributed by atoms with Crippen LogP contribution in [-0.4, -0.2) is 81.9 Å². The molecule has 1 amide bonds. The van der Waals surface area contributed by atoms with E-state index < -0.39 is 0 Å². The fraction of sp³-hybridized carbons (Fsp3) is 0.667. The first-order valence-electron chi connectivity index (χ1n) is 10.1. The van der Waals surface area contributed by atoms with E-state index in [1.807, 2.05) is 6.07 Å². The minimum absolute atomic E-state index is 0.0969. The first-order valence-corrected chi connectivity index (χ1v) is 10.1. The van der Waals surface area contributed by atoms with Crippen molar-refractivity contribution in [2.45, 2.75) is 32.4 Å². The van der Waals surface area contributed by atoms with Crippen molar-refractivity contribution in [3.63, 3.8) is 0 Å². The van der Waals surface area contributed by atoms with Gasteiger partial charge in [-0.3, -0.25) is 14.6 Å². The highest BCUT2D eigenvalue weighted by Crippen LogP contribution is 2.30. The van der Waals surface area contributed by atoms with Crippen LogP contribution in [0.3, 0.4) is 0 Å². The van der Waals surface area contributed by atoms with Crippen LogP contribution in [0.25, 0.3) is 0 Å². The summed E-state index contributed by atoms with van der Waals surface area (Å²) in [5.74, 6) is 1.63. The van der Waals surface area contributed by atoms with Crippen LogP contribution in [0.15, 0.2) is 12.1 Å². The lowest BCUT2D eigenvalue weighted by molar-refractivity contribution is -0.123. The van der Waals surface area contributed by atoms with Gasteiger partial charge in [0.25, 0.3) is 0 Å². The van der Waals surface area contributed by atoms with Gasteiger partial charge in [-0.1, -0.05) is 0 Å². The van der Waals surface area contributed by atoms with Gasteiger partial charge < -0.3 is 19.5 Å². The van der Waals surface area contributed by atoms with Crippen LogP contribution in [0.1, 0.15) is 24.0 Å². The predicted molar refractivity (Wildman–Crippen MR) is 108 cm³/mol. The van der Waals surface area contributed by atoms with Crippen molar-refractivity contribution in [3.8, 4) is 11.5 Å². The summed E-state index contributed by atoms with van der Waals surface area (Å²) in [4.78, 5) is 16.8. The Hall–Kier alpha value is -1.83. The molecule has 0 bridgehead atoms. The van der Waals surface area contributed by atoms with E-state index in [1.54, 1.807) is 14.2 Å². The number of hydrogen-bond acceptors (Lipinski definition) is 6. The van der Waals surface area contributed by atoms with E-state index in [0.29, 0.717) is 13.1 Å². The first-order chi connectivity index (χ1) is 13.6. The van der Waals surface area contributed by atoms with Gasteiger partial charge in [0.15, 0.2) is 11.5 Å². The molecule has 3 rings (SSSR count). The fourth-order valence-corrected chi connectivity index (χ4v) is 3.83. The average molecular weight is 392 g/mol. The zero-order chi connectivity index (χ0) is 19.9. The van der Waals surface area contributed by atoms with Crippen LogP contribution < -0.4 is 14.8 Å². The van der Waals surface area contributed by atoms with Gasteiger partial charge in [-0.05, 0) is 43.0 Å². The minimum atomic E-state index is 0.0969. The minimum Gasteiger partial charge on any atom is -0.493 e. The van der Waals surface area contributed by atoms with E-state index in [9.17, 15) is 4.79 Å². The third-order valence-corrected chi connectivity index (χ3v) is 5.62. The van der Waals surface area contributed by atoms with Gasteiger partial charge in [0.1, 0.15) is 0 Å². The molecule has 7 nitrogen and oxygen atoms in total. The molecule has 156 valence electrons. The Bertz CT molecular complexity index is 653. The van der Waals surface area contributed by atoms with Gasteiger partial charge in [-0.2, -0.15) is 0 Å². The summed E-state index contributed by atoms with van der Waals surface area (Å²) in [6.45, 7) is 8.62. The molecule has 1 atom stereocenters. The second-order valence-corrected chi connectivity index (χ2v) is 7.63. The van der Waals surface area contributed by atoms with Gasteiger partial charge >= 0.3 is 0 Å². The van der Waals surface area contributed by atoms with Crippen LogP contribution in [0.2, 0.25) is 0 Å². The molecule has 2 aliphatic heterocycles. The normalized spacial score (nSPS) is 20.9. The van der Waals surface area contributed by atoms with E-state index in [-0.39, 0.29) is 12.0 Å². The zero-order valence-electron chi connectivity index (χ0n) is 17.3. The molecular weight excluding hydrogens is 358 g/mol. The number of methoxy groups -OCH3 is 2. The number of aryl methyl sites for hydroxylation is 1. The number of nitrogens with one attached hydrogen (secondary N) is 1. The number of carbonyl (C=O) groups excluding carboxylic acids is 1. The summed E-state index contributed by atoms with van der Waals surface area (Å²) in [6, 6.07) is 4.10. The lowest BCUT2D eigenvalue weighted by Gasteiger charge is -2.34. The van der Waals surface area contributed by atoms with E-state index in [2.05, 4.69) is 28.1 Å². The maximum atomic E-state index is 12.2. The highest BCUT2D eigenvalue weighted by molar-refractivity contribution is 5.78. The Morgan fingerprint density at radius 1 is 1.14 bits per heavy atom. The molecule has 28 heavy (non-hydrogen) atoms. The SMILES string of the molecule is COc1cc(C)c(CN2CCN(CC(=O)NC[C@@H]3CCCO3)CC2)cc1OC. The van der Waals surface area contributed by atoms with Crippen molar-refractivity contribution in [1.82, 2.24) is 15.1 Å².